The van der Waals surface area contributed by atoms with Gasteiger partial charge in [-0.2, -0.15) is 0 Å². The fourth-order valence-electron chi connectivity index (χ4n) is 1.50. The molecular formula is C13H23NO2. The fourth-order valence-corrected chi connectivity index (χ4v) is 1.50. The molecule has 0 saturated heterocycles. The van der Waals surface area contributed by atoms with Gasteiger partial charge in [-0.25, -0.2) is 0 Å². The van der Waals surface area contributed by atoms with Crippen LogP contribution in [0.25, 0.3) is 0 Å². The average molecular weight is 225 g/mol. The van der Waals surface area contributed by atoms with E-state index in [0.29, 0.717) is 6.54 Å². The van der Waals surface area contributed by atoms with Gasteiger partial charge in [-0.1, -0.05) is 31.9 Å². The van der Waals surface area contributed by atoms with Gasteiger partial charge in [0.2, 0.25) is 5.91 Å². The van der Waals surface area contributed by atoms with Gasteiger partial charge in [-0.3, -0.25) is 9.59 Å². The van der Waals surface area contributed by atoms with Crippen molar-refractivity contribution >= 4 is 11.7 Å². The van der Waals surface area contributed by atoms with Crippen LogP contribution in [0.3, 0.4) is 0 Å². The smallest absolute Gasteiger partial charge is 0.230 e. The molecule has 0 aromatic carbocycles. The van der Waals surface area contributed by atoms with E-state index in [1.54, 1.807) is 4.90 Å². The van der Waals surface area contributed by atoms with Gasteiger partial charge < -0.3 is 4.90 Å². The van der Waals surface area contributed by atoms with Gasteiger partial charge in [0.1, 0.15) is 5.78 Å². The highest BCUT2D eigenvalue weighted by Gasteiger charge is 2.14. The van der Waals surface area contributed by atoms with Crippen LogP contribution in [-0.4, -0.2) is 29.7 Å². The summed E-state index contributed by atoms with van der Waals surface area (Å²) in [6.07, 6.45) is 3.24. The monoisotopic (exact) mass is 225 g/mol. The molecule has 0 spiro atoms. The zero-order valence-corrected chi connectivity index (χ0v) is 10.7. The second-order valence-electron chi connectivity index (χ2n) is 4.36. The van der Waals surface area contributed by atoms with Gasteiger partial charge in [-0.05, 0) is 20.3 Å². The Bertz CT molecular complexity index is 259. The zero-order chi connectivity index (χ0) is 12.6. The van der Waals surface area contributed by atoms with Gasteiger partial charge >= 0.3 is 0 Å². The molecule has 0 aromatic rings. The van der Waals surface area contributed by atoms with Crippen molar-refractivity contribution in [1.29, 1.82) is 0 Å². The molecule has 1 amide bonds. The molecule has 0 fully saturated rings. The molecule has 0 aliphatic carbocycles. The van der Waals surface area contributed by atoms with Crippen LogP contribution in [0.2, 0.25) is 0 Å². The van der Waals surface area contributed by atoms with E-state index in [1.165, 1.54) is 6.92 Å². The summed E-state index contributed by atoms with van der Waals surface area (Å²) < 4.78 is 0. The van der Waals surface area contributed by atoms with Crippen molar-refractivity contribution in [3.63, 3.8) is 0 Å². The molecule has 0 aromatic heterocycles. The SMILES string of the molecule is C=C(C)CN(CCCCC)C(=O)CC(C)=O. The number of hydrogen-bond donors (Lipinski definition) is 0. The summed E-state index contributed by atoms with van der Waals surface area (Å²) in [6, 6.07) is 0. The summed E-state index contributed by atoms with van der Waals surface area (Å²) >= 11 is 0. The number of Topliss-reactive ketones (excluding diaryl/α,β-unsaturated/α-hetero) is 1. The van der Waals surface area contributed by atoms with Crippen molar-refractivity contribution in [2.75, 3.05) is 13.1 Å². The van der Waals surface area contributed by atoms with E-state index in [1.807, 2.05) is 6.92 Å². The lowest BCUT2D eigenvalue weighted by Crippen LogP contribution is -2.34. The van der Waals surface area contributed by atoms with E-state index in [0.717, 1.165) is 31.4 Å². The highest BCUT2D eigenvalue weighted by atomic mass is 16.2. The first-order valence-electron chi connectivity index (χ1n) is 5.89. The van der Waals surface area contributed by atoms with Crippen LogP contribution in [0.1, 0.15) is 46.5 Å². The molecule has 0 bridgehead atoms. The maximum Gasteiger partial charge on any atom is 0.230 e. The number of hydrogen-bond acceptors (Lipinski definition) is 2. The highest BCUT2D eigenvalue weighted by molar-refractivity contribution is 5.96. The Hall–Kier alpha value is -1.12. The number of carbonyl (C=O) groups is 2. The van der Waals surface area contributed by atoms with E-state index >= 15 is 0 Å². The van der Waals surface area contributed by atoms with Crippen molar-refractivity contribution in [1.82, 2.24) is 4.90 Å². The second-order valence-corrected chi connectivity index (χ2v) is 4.36. The Balaban J connectivity index is 4.23. The molecule has 0 atom stereocenters. The predicted molar refractivity (Wildman–Crippen MR) is 66.2 cm³/mol. The summed E-state index contributed by atoms with van der Waals surface area (Å²) in [5.74, 6) is -0.154. The third kappa shape index (κ3) is 7.21. The highest BCUT2D eigenvalue weighted by Crippen LogP contribution is 2.04. The Morgan fingerprint density at radius 2 is 1.81 bits per heavy atom. The van der Waals surface area contributed by atoms with Crippen LogP contribution in [0, 0.1) is 0 Å². The molecule has 0 aliphatic heterocycles. The standard InChI is InChI=1S/C13H23NO2/c1-5-6-7-8-14(10-11(2)3)13(16)9-12(4)15/h2,5-10H2,1,3-4H3. The summed E-state index contributed by atoms with van der Waals surface area (Å²) in [6.45, 7) is 10.6. The van der Waals surface area contributed by atoms with Crippen molar-refractivity contribution < 1.29 is 9.59 Å². The molecule has 0 radical (unpaired) electrons. The molecule has 0 saturated carbocycles. The first-order chi connectivity index (χ1) is 7.47. The molecule has 0 aliphatic rings. The molecule has 0 unspecified atom stereocenters. The minimum atomic E-state index is -0.0772. The van der Waals surface area contributed by atoms with Gasteiger partial charge in [-0.15, -0.1) is 0 Å². The van der Waals surface area contributed by atoms with E-state index in [9.17, 15) is 9.59 Å². The van der Waals surface area contributed by atoms with E-state index in [-0.39, 0.29) is 18.1 Å². The van der Waals surface area contributed by atoms with E-state index in [2.05, 4.69) is 13.5 Å². The summed E-state index contributed by atoms with van der Waals surface area (Å²) in [5.41, 5.74) is 0.952. The van der Waals surface area contributed by atoms with Crippen LogP contribution in [-0.2, 0) is 9.59 Å². The Morgan fingerprint density at radius 1 is 1.19 bits per heavy atom. The second kappa shape index (κ2) is 8.08. The minimum absolute atomic E-state index is 0.0133. The van der Waals surface area contributed by atoms with Crippen LogP contribution < -0.4 is 0 Å². The van der Waals surface area contributed by atoms with Crippen molar-refractivity contribution in [2.24, 2.45) is 0 Å². The molecule has 3 nitrogen and oxygen atoms in total. The first-order valence-corrected chi connectivity index (χ1v) is 5.89. The molecular weight excluding hydrogens is 202 g/mol. The Kier molecular flexibility index (Phi) is 7.52. The minimum Gasteiger partial charge on any atom is -0.338 e. The van der Waals surface area contributed by atoms with Gasteiger partial charge in [0.05, 0.1) is 6.42 Å². The topological polar surface area (TPSA) is 37.4 Å². The number of ketones is 1. The van der Waals surface area contributed by atoms with Crippen LogP contribution in [0.5, 0.6) is 0 Å². The van der Waals surface area contributed by atoms with Gasteiger partial charge in [0, 0.05) is 13.1 Å². The quantitative estimate of drug-likeness (QED) is 0.362. The Labute approximate surface area is 98.5 Å². The number of amides is 1. The molecule has 92 valence electrons. The fraction of sp³-hybridized carbons (Fsp3) is 0.692. The lowest BCUT2D eigenvalue weighted by molar-refractivity contribution is -0.134. The third-order valence-corrected chi connectivity index (χ3v) is 2.25. The Morgan fingerprint density at radius 3 is 2.25 bits per heavy atom. The normalized spacial score (nSPS) is 9.94. The van der Waals surface area contributed by atoms with Crippen molar-refractivity contribution in [2.45, 2.75) is 46.5 Å². The molecule has 0 N–H and O–H groups in total. The molecule has 16 heavy (non-hydrogen) atoms. The van der Waals surface area contributed by atoms with Crippen LogP contribution >= 0.6 is 0 Å². The van der Waals surface area contributed by atoms with Crippen molar-refractivity contribution in [3.05, 3.63) is 12.2 Å². The maximum absolute atomic E-state index is 11.7. The zero-order valence-electron chi connectivity index (χ0n) is 10.7. The first kappa shape index (κ1) is 14.9. The lowest BCUT2D eigenvalue weighted by Gasteiger charge is -2.22. The number of carbonyl (C=O) groups excluding carboxylic acids is 2. The summed E-state index contributed by atoms with van der Waals surface area (Å²) in [4.78, 5) is 24.4. The van der Waals surface area contributed by atoms with E-state index < -0.39 is 0 Å². The predicted octanol–water partition coefficient (Wildman–Crippen LogP) is 2.56. The van der Waals surface area contributed by atoms with E-state index in [4.69, 9.17) is 0 Å². The number of rotatable bonds is 8. The third-order valence-electron chi connectivity index (χ3n) is 2.25. The summed E-state index contributed by atoms with van der Waals surface area (Å²) in [7, 11) is 0. The number of nitrogens with zero attached hydrogens (tertiary/aromatic N) is 1. The largest absolute Gasteiger partial charge is 0.338 e. The van der Waals surface area contributed by atoms with Crippen molar-refractivity contribution in [3.8, 4) is 0 Å². The molecule has 0 heterocycles. The summed E-state index contributed by atoms with van der Waals surface area (Å²) in [5, 5.41) is 0. The van der Waals surface area contributed by atoms with Gasteiger partial charge in [0.15, 0.2) is 0 Å². The maximum atomic E-state index is 11.7. The van der Waals surface area contributed by atoms with Crippen LogP contribution in [0.15, 0.2) is 12.2 Å². The van der Waals surface area contributed by atoms with Gasteiger partial charge in [0.25, 0.3) is 0 Å². The average Bonchev–Trinajstić information content (AvgIpc) is 2.14. The number of unbranched alkanes of at least 4 members (excludes halogenated alkanes) is 2. The molecule has 3 heteroatoms. The molecule has 0 rings (SSSR count). The lowest BCUT2D eigenvalue weighted by atomic mass is 10.2. The van der Waals surface area contributed by atoms with Crippen LogP contribution in [0.4, 0.5) is 0 Å².